The van der Waals surface area contributed by atoms with Crippen LogP contribution in [0.2, 0.25) is 0 Å². The second-order valence-electron chi connectivity index (χ2n) is 2.82. The van der Waals surface area contributed by atoms with Crippen LogP contribution in [-0.4, -0.2) is 22.2 Å². The molecule has 0 aliphatic heterocycles. The summed E-state index contributed by atoms with van der Waals surface area (Å²) in [6.07, 6.45) is 0.273. The Morgan fingerprint density at radius 3 is 2.29 bits per heavy atom. The Morgan fingerprint density at radius 2 is 1.86 bits per heavy atom. The molecule has 0 fully saturated rings. The van der Waals surface area contributed by atoms with Crippen molar-refractivity contribution in [3.8, 4) is 5.75 Å². The molecular formula is C9H11CrNO3. The molecule has 0 bridgehead atoms. The fourth-order valence-corrected chi connectivity index (χ4v) is 0.973. The first-order valence-corrected chi connectivity index (χ1v) is 3.86. The van der Waals surface area contributed by atoms with Gasteiger partial charge in [0, 0.05) is 17.4 Å². The van der Waals surface area contributed by atoms with Crippen LogP contribution in [0.25, 0.3) is 0 Å². The van der Waals surface area contributed by atoms with Gasteiger partial charge in [0.1, 0.15) is 11.8 Å². The summed E-state index contributed by atoms with van der Waals surface area (Å²) in [6, 6.07) is 5.42. The second-order valence-corrected chi connectivity index (χ2v) is 2.82. The third kappa shape index (κ3) is 3.79. The molecule has 0 heterocycles. The molecule has 1 aromatic rings. The average Bonchev–Trinajstić information content (AvgIpc) is 2.08. The maximum atomic E-state index is 10.4. The molecule has 4 N–H and O–H groups in total. The number of hydrogen-bond donors (Lipinski definition) is 3. The molecule has 0 saturated carbocycles. The number of aliphatic carboxylic acids is 1. The molecule has 1 atom stereocenters. The van der Waals surface area contributed by atoms with Crippen LogP contribution in [-0.2, 0) is 28.6 Å². The van der Waals surface area contributed by atoms with Gasteiger partial charge in [-0.3, -0.25) is 4.79 Å². The number of rotatable bonds is 3. The molecule has 0 aromatic heterocycles. The van der Waals surface area contributed by atoms with Crippen LogP contribution >= 0.6 is 0 Å². The summed E-state index contributed by atoms with van der Waals surface area (Å²) in [5.41, 5.74) is 6.12. The molecule has 0 saturated heterocycles. The van der Waals surface area contributed by atoms with Crippen LogP contribution in [0.5, 0.6) is 5.75 Å². The van der Waals surface area contributed by atoms with Gasteiger partial charge in [0.25, 0.3) is 0 Å². The molecule has 0 amide bonds. The van der Waals surface area contributed by atoms with Crippen molar-refractivity contribution < 1.29 is 32.4 Å². The minimum absolute atomic E-state index is 0. The maximum absolute atomic E-state index is 10.4. The van der Waals surface area contributed by atoms with Gasteiger partial charge in [0.05, 0.1) is 0 Å². The normalized spacial score (nSPS) is 11.5. The number of phenolic OH excluding ortho intramolecular Hbond substituents is 1. The molecule has 1 unspecified atom stereocenters. The van der Waals surface area contributed by atoms with Gasteiger partial charge < -0.3 is 15.9 Å². The van der Waals surface area contributed by atoms with Gasteiger partial charge in [-0.1, -0.05) is 12.1 Å². The molecule has 0 aliphatic rings. The largest absolute Gasteiger partial charge is 0.508 e. The molecule has 1 aromatic carbocycles. The standard InChI is InChI=1S/C9H11NO3.Cr/c10-8(9(12)13)5-6-1-3-7(11)4-2-6;/h1-4,8,11H,5,10H2,(H,12,13);. The van der Waals surface area contributed by atoms with Crippen molar-refractivity contribution in [2.24, 2.45) is 5.73 Å². The van der Waals surface area contributed by atoms with Crippen molar-refractivity contribution in [1.29, 1.82) is 0 Å². The van der Waals surface area contributed by atoms with E-state index in [4.69, 9.17) is 15.9 Å². The molecule has 14 heavy (non-hydrogen) atoms. The quantitative estimate of drug-likeness (QED) is 0.703. The summed E-state index contributed by atoms with van der Waals surface area (Å²) < 4.78 is 0. The third-order valence-corrected chi connectivity index (χ3v) is 1.71. The summed E-state index contributed by atoms with van der Waals surface area (Å²) in [4.78, 5) is 10.4. The molecule has 0 radical (unpaired) electrons. The van der Waals surface area contributed by atoms with Crippen molar-refractivity contribution >= 4 is 5.97 Å². The van der Waals surface area contributed by atoms with Gasteiger partial charge in [-0.15, -0.1) is 0 Å². The summed E-state index contributed by atoms with van der Waals surface area (Å²) in [5, 5.41) is 17.5. The Morgan fingerprint density at radius 1 is 1.36 bits per heavy atom. The van der Waals surface area contributed by atoms with E-state index < -0.39 is 12.0 Å². The minimum atomic E-state index is -1.02. The van der Waals surface area contributed by atoms with Crippen LogP contribution in [0.1, 0.15) is 5.56 Å². The number of carboxylic acids is 1. The molecule has 0 spiro atoms. The van der Waals surface area contributed by atoms with Crippen LogP contribution in [0, 0.1) is 0 Å². The average molecular weight is 233 g/mol. The van der Waals surface area contributed by atoms with Crippen LogP contribution in [0.4, 0.5) is 0 Å². The second kappa shape index (κ2) is 5.66. The zero-order valence-corrected chi connectivity index (χ0v) is 8.66. The van der Waals surface area contributed by atoms with Crippen molar-refractivity contribution in [3.63, 3.8) is 0 Å². The van der Waals surface area contributed by atoms with Crippen molar-refractivity contribution in [3.05, 3.63) is 29.8 Å². The van der Waals surface area contributed by atoms with E-state index in [1.807, 2.05) is 0 Å². The minimum Gasteiger partial charge on any atom is -0.508 e. The molecule has 5 heteroatoms. The van der Waals surface area contributed by atoms with Gasteiger partial charge in [-0.25, -0.2) is 0 Å². The molecule has 1 rings (SSSR count). The van der Waals surface area contributed by atoms with E-state index >= 15 is 0 Å². The van der Waals surface area contributed by atoms with E-state index in [1.54, 1.807) is 12.1 Å². The fourth-order valence-electron chi connectivity index (χ4n) is 0.973. The Labute approximate surface area is 92.5 Å². The summed E-state index contributed by atoms with van der Waals surface area (Å²) in [7, 11) is 0. The van der Waals surface area contributed by atoms with E-state index in [0.29, 0.717) is 0 Å². The van der Waals surface area contributed by atoms with E-state index in [1.165, 1.54) is 12.1 Å². The molecule has 0 aliphatic carbocycles. The van der Waals surface area contributed by atoms with Gasteiger partial charge in [-0.2, -0.15) is 0 Å². The number of carbonyl (C=O) groups is 1. The third-order valence-electron chi connectivity index (χ3n) is 1.71. The van der Waals surface area contributed by atoms with Gasteiger partial charge in [-0.05, 0) is 24.1 Å². The Bertz CT molecular complexity index is 299. The topological polar surface area (TPSA) is 83.5 Å². The molecule has 4 nitrogen and oxygen atoms in total. The fraction of sp³-hybridized carbons (Fsp3) is 0.222. The van der Waals surface area contributed by atoms with Crippen molar-refractivity contribution in [2.45, 2.75) is 12.5 Å². The summed E-state index contributed by atoms with van der Waals surface area (Å²) in [6.45, 7) is 0. The first-order valence-electron chi connectivity index (χ1n) is 3.86. The van der Waals surface area contributed by atoms with Gasteiger partial charge in [0.2, 0.25) is 0 Å². The number of aromatic hydroxyl groups is 1. The molecule has 76 valence electrons. The number of benzene rings is 1. The van der Waals surface area contributed by atoms with Gasteiger partial charge in [0.15, 0.2) is 0 Å². The number of carboxylic acid groups (broad SMARTS) is 1. The van der Waals surface area contributed by atoms with Crippen LogP contribution < -0.4 is 5.73 Å². The van der Waals surface area contributed by atoms with E-state index in [9.17, 15) is 4.79 Å². The van der Waals surface area contributed by atoms with Crippen molar-refractivity contribution in [2.75, 3.05) is 0 Å². The van der Waals surface area contributed by atoms with E-state index in [2.05, 4.69) is 0 Å². The summed E-state index contributed by atoms with van der Waals surface area (Å²) >= 11 is 0. The zero-order chi connectivity index (χ0) is 9.84. The van der Waals surface area contributed by atoms with Gasteiger partial charge >= 0.3 is 5.97 Å². The van der Waals surface area contributed by atoms with Crippen LogP contribution in [0.3, 0.4) is 0 Å². The SMILES string of the molecule is NC(Cc1ccc(O)cc1)C(=O)O.[Cr]. The Kier molecular flexibility index (Phi) is 5.25. The Balaban J connectivity index is 0.00000169. The predicted molar refractivity (Wildman–Crippen MR) is 47.4 cm³/mol. The number of phenols is 1. The first kappa shape index (κ1) is 13.0. The number of hydrogen-bond acceptors (Lipinski definition) is 3. The summed E-state index contributed by atoms with van der Waals surface area (Å²) in [5.74, 6) is -0.860. The monoisotopic (exact) mass is 233 g/mol. The van der Waals surface area contributed by atoms with Crippen molar-refractivity contribution in [1.82, 2.24) is 0 Å². The zero-order valence-electron chi connectivity index (χ0n) is 7.38. The van der Waals surface area contributed by atoms with E-state index in [0.717, 1.165) is 5.56 Å². The van der Waals surface area contributed by atoms with Crippen LogP contribution in [0.15, 0.2) is 24.3 Å². The smallest absolute Gasteiger partial charge is 0.320 e. The Hall–Kier alpha value is -1.02. The number of nitrogens with two attached hydrogens (primary N) is 1. The van der Waals surface area contributed by atoms with E-state index in [-0.39, 0.29) is 29.5 Å². The molecular weight excluding hydrogens is 222 g/mol. The predicted octanol–water partition coefficient (Wildman–Crippen LogP) is 0.344. The first-order chi connectivity index (χ1) is 6.09. The maximum Gasteiger partial charge on any atom is 0.320 e.